The van der Waals surface area contributed by atoms with Crippen molar-refractivity contribution in [2.45, 2.75) is 86.8 Å². The molecular weight excluding hydrogens is 378 g/mol. The minimum absolute atomic E-state index is 0.0322. The van der Waals surface area contributed by atoms with Crippen LogP contribution in [0.2, 0.25) is 0 Å². The van der Waals surface area contributed by atoms with E-state index < -0.39 is 0 Å². The Labute approximate surface area is 170 Å². The second-order valence-corrected chi connectivity index (χ2v) is 10.1. The highest BCUT2D eigenvalue weighted by Crippen LogP contribution is 2.35. The number of aryl methyl sites for hydroxylation is 1. The molecule has 0 aromatic carbocycles. The van der Waals surface area contributed by atoms with Crippen molar-refractivity contribution in [3.63, 3.8) is 0 Å². The fraction of sp³-hybridized carbons (Fsp3) is 0.750. The Balaban J connectivity index is 1.32. The summed E-state index contributed by atoms with van der Waals surface area (Å²) in [5.74, 6) is 0.177. The van der Waals surface area contributed by atoms with Crippen LogP contribution in [0.1, 0.15) is 69.9 Å². The van der Waals surface area contributed by atoms with Crippen molar-refractivity contribution in [2.75, 3.05) is 13.1 Å². The predicted molar refractivity (Wildman–Crippen MR) is 111 cm³/mol. The van der Waals surface area contributed by atoms with Crippen LogP contribution in [-0.2, 0) is 9.59 Å². The van der Waals surface area contributed by atoms with E-state index in [1.54, 1.807) is 11.3 Å². The molecule has 1 aromatic heterocycles. The number of thiazole rings is 1. The first-order chi connectivity index (χ1) is 13.1. The molecule has 0 spiro atoms. The van der Waals surface area contributed by atoms with E-state index in [0.29, 0.717) is 18.1 Å². The standard InChI is InChI=1S/C20H31N3O2S2/c1-15-14-26-20(21-15)27-17-8-6-16(7-9-17)22-18(24)10-11-19(25)23-12-4-2-3-5-13-23/h14,16-17H,2-13H2,1H3,(H,22,24). The summed E-state index contributed by atoms with van der Waals surface area (Å²) >= 11 is 3.61. The van der Waals surface area contributed by atoms with Crippen LogP contribution in [0.3, 0.4) is 0 Å². The number of carbonyl (C=O) groups excluding carboxylic acids is 2. The van der Waals surface area contributed by atoms with Gasteiger partial charge in [0.15, 0.2) is 0 Å². The van der Waals surface area contributed by atoms with Crippen LogP contribution >= 0.6 is 23.1 Å². The molecule has 3 rings (SSSR count). The molecule has 7 heteroatoms. The van der Waals surface area contributed by atoms with Crippen LogP contribution in [-0.4, -0.2) is 46.1 Å². The van der Waals surface area contributed by atoms with Crippen molar-refractivity contribution < 1.29 is 9.59 Å². The minimum atomic E-state index is 0.0322. The quantitative estimate of drug-likeness (QED) is 0.766. The summed E-state index contributed by atoms with van der Waals surface area (Å²) in [5, 5.41) is 5.85. The van der Waals surface area contributed by atoms with E-state index in [-0.39, 0.29) is 17.9 Å². The van der Waals surface area contributed by atoms with Gasteiger partial charge >= 0.3 is 0 Å². The Bertz CT molecular complexity index is 618. The average molecular weight is 410 g/mol. The molecule has 0 bridgehead atoms. The van der Waals surface area contributed by atoms with Crippen molar-refractivity contribution in [3.8, 4) is 0 Å². The molecule has 2 heterocycles. The molecule has 5 nitrogen and oxygen atoms in total. The second-order valence-electron chi connectivity index (χ2n) is 7.71. The lowest BCUT2D eigenvalue weighted by Gasteiger charge is -2.28. The fourth-order valence-electron chi connectivity index (χ4n) is 3.85. The van der Waals surface area contributed by atoms with Gasteiger partial charge in [0.25, 0.3) is 0 Å². The van der Waals surface area contributed by atoms with Gasteiger partial charge in [0.2, 0.25) is 11.8 Å². The number of carbonyl (C=O) groups is 2. The van der Waals surface area contributed by atoms with Gasteiger partial charge in [-0.05, 0) is 45.4 Å². The summed E-state index contributed by atoms with van der Waals surface area (Å²) in [6, 6.07) is 0.265. The number of hydrogen-bond acceptors (Lipinski definition) is 5. The molecule has 1 saturated heterocycles. The van der Waals surface area contributed by atoms with E-state index in [0.717, 1.165) is 61.6 Å². The molecular formula is C20H31N3O2S2. The molecule has 0 radical (unpaired) electrons. The average Bonchev–Trinajstić information content (AvgIpc) is 2.90. The molecule has 27 heavy (non-hydrogen) atoms. The number of likely N-dealkylation sites (tertiary alicyclic amines) is 1. The lowest BCUT2D eigenvalue weighted by atomic mass is 9.95. The van der Waals surface area contributed by atoms with Crippen LogP contribution in [0.4, 0.5) is 0 Å². The lowest BCUT2D eigenvalue weighted by Crippen LogP contribution is -2.39. The van der Waals surface area contributed by atoms with Gasteiger partial charge in [-0.2, -0.15) is 0 Å². The summed E-state index contributed by atoms with van der Waals surface area (Å²) in [6.07, 6.45) is 9.56. The number of hydrogen-bond donors (Lipinski definition) is 1. The maximum atomic E-state index is 12.3. The van der Waals surface area contributed by atoms with Gasteiger partial charge in [0.05, 0.1) is 0 Å². The van der Waals surface area contributed by atoms with Crippen LogP contribution in [0.25, 0.3) is 0 Å². The van der Waals surface area contributed by atoms with Gasteiger partial charge in [-0.3, -0.25) is 9.59 Å². The van der Waals surface area contributed by atoms with Crippen molar-refractivity contribution in [1.82, 2.24) is 15.2 Å². The first kappa shape index (κ1) is 20.6. The first-order valence-electron chi connectivity index (χ1n) is 10.3. The zero-order valence-electron chi connectivity index (χ0n) is 16.2. The van der Waals surface area contributed by atoms with E-state index in [4.69, 9.17) is 0 Å². The lowest BCUT2D eigenvalue weighted by molar-refractivity contribution is -0.133. The molecule has 1 saturated carbocycles. The minimum Gasteiger partial charge on any atom is -0.353 e. The summed E-state index contributed by atoms with van der Waals surface area (Å²) in [6.45, 7) is 3.76. The Hall–Kier alpha value is -1.08. The van der Waals surface area contributed by atoms with E-state index >= 15 is 0 Å². The van der Waals surface area contributed by atoms with Crippen LogP contribution in [0, 0.1) is 6.92 Å². The van der Waals surface area contributed by atoms with E-state index in [2.05, 4.69) is 15.7 Å². The van der Waals surface area contributed by atoms with Gasteiger partial charge < -0.3 is 10.2 Å². The van der Waals surface area contributed by atoms with Crippen molar-refractivity contribution in [3.05, 3.63) is 11.1 Å². The molecule has 1 aromatic rings. The number of nitrogens with zero attached hydrogens (tertiary/aromatic N) is 2. The summed E-state index contributed by atoms with van der Waals surface area (Å²) < 4.78 is 1.16. The van der Waals surface area contributed by atoms with Gasteiger partial charge in [-0.15, -0.1) is 11.3 Å². The number of rotatable bonds is 6. The molecule has 1 N–H and O–H groups in total. The molecule has 2 aliphatic rings. The second kappa shape index (κ2) is 10.5. The largest absolute Gasteiger partial charge is 0.353 e. The number of nitrogens with one attached hydrogen (secondary N) is 1. The maximum absolute atomic E-state index is 12.3. The van der Waals surface area contributed by atoms with Gasteiger partial charge in [-0.1, -0.05) is 24.6 Å². The summed E-state index contributed by atoms with van der Waals surface area (Å²) in [5.41, 5.74) is 1.10. The Morgan fingerprint density at radius 2 is 1.85 bits per heavy atom. The molecule has 0 atom stereocenters. The number of amides is 2. The number of thioether (sulfide) groups is 1. The third-order valence-electron chi connectivity index (χ3n) is 5.43. The Morgan fingerprint density at radius 3 is 2.48 bits per heavy atom. The third kappa shape index (κ3) is 6.79. The highest BCUT2D eigenvalue weighted by molar-refractivity contribution is 8.01. The Kier molecular flexibility index (Phi) is 8.00. The topological polar surface area (TPSA) is 62.3 Å². The molecule has 0 unspecified atom stereocenters. The molecule has 2 fully saturated rings. The zero-order chi connectivity index (χ0) is 19.1. The highest BCUT2D eigenvalue weighted by atomic mass is 32.2. The molecule has 150 valence electrons. The van der Waals surface area contributed by atoms with Crippen molar-refractivity contribution >= 4 is 34.9 Å². The van der Waals surface area contributed by atoms with Crippen LogP contribution in [0.5, 0.6) is 0 Å². The van der Waals surface area contributed by atoms with Crippen LogP contribution in [0.15, 0.2) is 9.72 Å². The molecule has 2 amide bonds. The number of aromatic nitrogens is 1. The van der Waals surface area contributed by atoms with Crippen molar-refractivity contribution in [2.24, 2.45) is 0 Å². The van der Waals surface area contributed by atoms with Crippen molar-refractivity contribution in [1.29, 1.82) is 0 Å². The van der Waals surface area contributed by atoms with E-state index in [1.165, 1.54) is 12.8 Å². The third-order valence-corrected chi connectivity index (χ3v) is 7.86. The van der Waals surface area contributed by atoms with Gasteiger partial charge in [0.1, 0.15) is 4.34 Å². The maximum Gasteiger partial charge on any atom is 0.223 e. The first-order valence-corrected chi connectivity index (χ1v) is 12.0. The normalized spacial score (nSPS) is 23.7. The van der Waals surface area contributed by atoms with Gasteiger partial charge in [0, 0.05) is 48.3 Å². The monoisotopic (exact) mass is 409 g/mol. The summed E-state index contributed by atoms with van der Waals surface area (Å²) in [4.78, 5) is 31.0. The fourth-order valence-corrected chi connectivity index (χ4v) is 6.14. The highest BCUT2D eigenvalue weighted by Gasteiger charge is 2.24. The SMILES string of the molecule is Cc1csc(SC2CCC(NC(=O)CCC(=O)N3CCCCCC3)CC2)n1. The molecule has 1 aliphatic carbocycles. The zero-order valence-corrected chi connectivity index (χ0v) is 17.9. The van der Waals surface area contributed by atoms with Crippen LogP contribution < -0.4 is 5.32 Å². The van der Waals surface area contributed by atoms with Gasteiger partial charge in [-0.25, -0.2) is 4.98 Å². The molecule has 1 aliphatic heterocycles. The van der Waals surface area contributed by atoms with E-state index in [1.807, 2.05) is 23.6 Å². The summed E-state index contributed by atoms with van der Waals surface area (Å²) in [7, 11) is 0. The Morgan fingerprint density at radius 1 is 1.15 bits per heavy atom. The smallest absolute Gasteiger partial charge is 0.223 e. The van der Waals surface area contributed by atoms with E-state index in [9.17, 15) is 9.59 Å². The predicted octanol–water partition coefficient (Wildman–Crippen LogP) is 4.15.